The fourth-order valence-electron chi connectivity index (χ4n) is 3.89. The summed E-state index contributed by atoms with van der Waals surface area (Å²) in [5, 5.41) is 3.42. The van der Waals surface area contributed by atoms with Crippen molar-refractivity contribution >= 4 is 29.0 Å². The van der Waals surface area contributed by atoms with Crippen molar-refractivity contribution in [2.24, 2.45) is 0 Å². The minimum atomic E-state index is -1.04. The van der Waals surface area contributed by atoms with Crippen LogP contribution >= 0.6 is 0 Å². The highest BCUT2D eigenvalue weighted by Gasteiger charge is 2.41. The van der Waals surface area contributed by atoms with E-state index < -0.39 is 23.8 Å². The number of hydrogen-bond donors (Lipinski definition) is 1. The van der Waals surface area contributed by atoms with E-state index in [0.29, 0.717) is 16.9 Å². The molecule has 2 amide bonds. The first-order valence-electron chi connectivity index (χ1n) is 9.48. The van der Waals surface area contributed by atoms with Gasteiger partial charge in [0.05, 0.1) is 16.7 Å². The van der Waals surface area contributed by atoms with Crippen molar-refractivity contribution in [3.8, 4) is 5.75 Å². The Kier molecular flexibility index (Phi) is 4.30. The van der Waals surface area contributed by atoms with Gasteiger partial charge in [-0.25, -0.2) is 4.79 Å². The number of amides is 2. The van der Waals surface area contributed by atoms with E-state index >= 15 is 0 Å². The van der Waals surface area contributed by atoms with Crippen molar-refractivity contribution in [2.45, 2.75) is 39.3 Å². The lowest BCUT2D eigenvalue weighted by molar-refractivity contribution is -0.138. The zero-order valence-corrected chi connectivity index (χ0v) is 16.8. The summed E-state index contributed by atoms with van der Waals surface area (Å²) in [5.74, 6) is -1.26. The third-order valence-corrected chi connectivity index (χ3v) is 5.22. The summed E-state index contributed by atoms with van der Waals surface area (Å²) < 4.78 is 5.51. The second-order valence-corrected chi connectivity index (χ2v) is 8.00. The number of hydrogen-bond acceptors (Lipinski definition) is 5. The molecule has 0 spiro atoms. The lowest BCUT2D eigenvalue weighted by atomic mass is 9.91. The zero-order chi connectivity index (χ0) is 20.9. The van der Waals surface area contributed by atoms with Gasteiger partial charge in [0.15, 0.2) is 0 Å². The van der Waals surface area contributed by atoms with E-state index in [1.807, 2.05) is 13.0 Å². The van der Waals surface area contributed by atoms with Gasteiger partial charge in [-0.2, -0.15) is 0 Å². The Hall–Kier alpha value is -3.41. The van der Waals surface area contributed by atoms with Crippen LogP contribution in [-0.2, 0) is 4.79 Å². The normalized spacial score (nSPS) is 17.8. The Morgan fingerprint density at radius 1 is 1.03 bits per heavy atom. The Morgan fingerprint density at radius 3 is 2.28 bits per heavy atom. The molecule has 0 bridgehead atoms. The monoisotopic (exact) mass is 390 g/mol. The largest absolute Gasteiger partial charge is 0.425 e. The van der Waals surface area contributed by atoms with Gasteiger partial charge in [-0.05, 0) is 63.6 Å². The number of allylic oxidation sites excluding steroid dienone is 1. The summed E-state index contributed by atoms with van der Waals surface area (Å²) in [6.45, 7) is 7.67. The van der Waals surface area contributed by atoms with Gasteiger partial charge >= 0.3 is 5.97 Å². The second kappa shape index (κ2) is 6.58. The van der Waals surface area contributed by atoms with E-state index in [2.05, 4.69) is 25.2 Å². The number of imide groups is 1. The molecule has 2 aliphatic heterocycles. The summed E-state index contributed by atoms with van der Waals surface area (Å²) in [6.07, 6.45) is 2.11. The number of fused-ring (bicyclic) bond motifs is 2. The number of anilines is 1. The number of carbonyl (C=O) groups excluding carboxylic acids is 3. The molecule has 0 saturated heterocycles. The molecule has 1 atom stereocenters. The van der Waals surface area contributed by atoms with Crippen molar-refractivity contribution in [1.82, 2.24) is 4.90 Å². The van der Waals surface area contributed by atoms with E-state index in [1.165, 1.54) is 6.92 Å². The van der Waals surface area contributed by atoms with Gasteiger partial charge < -0.3 is 10.1 Å². The maximum atomic E-state index is 12.7. The van der Waals surface area contributed by atoms with Gasteiger partial charge in [0.25, 0.3) is 11.8 Å². The Balaban J connectivity index is 1.54. The smallest absolute Gasteiger partial charge is 0.334 e. The molecule has 148 valence electrons. The Bertz CT molecular complexity index is 1050. The molecule has 0 radical (unpaired) electrons. The van der Waals surface area contributed by atoms with Crippen LogP contribution in [0.5, 0.6) is 5.75 Å². The van der Waals surface area contributed by atoms with Crippen LogP contribution in [0.15, 0.2) is 48.5 Å². The molecule has 0 aliphatic carbocycles. The Morgan fingerprint density at radius 2 is 1.66 bits per heavy atom. The second-order valence-electron chi connectivity index (χ2n) is 8.00. The maximum absolute atomic E-state index is 12.7. The number of carbonyl (C=O) groups is 3. The van der Waals surface area contributed by atoms with Crippen LogP contribution in [0.4, 0.5) is 5.69 Å². The summed E-state index contributed by atoms with van der Waals surface area (Å²) in [5.41, 5.74) is 3.44. The molecule has 6 heteroatoms. The van der Waals surface area contributed by atoms with Crippen LogP contribution in [0.1, 0.15) is 54.0 Å². The minimum absolute atomic E-state index is 0.157. The van der Waals surface area contributed by atoms with Crippen molar-refractivity contribution < 1.29 is 19.1 Å². The van der Waals surface area contributed by atoms with Crippen molar-refractivity contribution in [2.75, 3.05) is 5.32 Å². The molecule has 0 saturated carbocycles. The summed E-state index contributed by atoms with van der Waals surface area (Å²) in [6, 6.07) is 10.9. The predicted octanol–water partition coefficient (Wildman–Crippen LogP) is 3.88. The van der Waals surface area contributed by atoms with Gasteiger partial charge in [-0.1, -0.05) is 18.2 Å². The average molecular weight is 390 g/mol. The number of benzene rings is 2. The lowest BCUT2D eigenvalue weighted by Gasteiger charge is -2.31. The van der Waals surface area contributed by atoms with Gasteiger partial charge in [0.1, 0.15) is 11.8 Å². The number of nitrogens with one attached hydrogen (secondary N) is 1. The summed E-state index contributed by atoms with van der Waals surface area (Å²) >= 11 is 0. The van der Waals surface area contributed by atoms with Crippen LogP contribution in [0.25, 0.3) is 5.57 Å². The quantitative estimate of drug-likeness (QED) is 0.489. The van der Waals surface area contributed by atoms with Crippen molar-refractivity contribution in [3.05, 3.63) is 65.2 Å². The van der Waals surface area contributed by atoms with E-state index in [4.69, 9.17) is 4.74 Å². The van der Waals surface area contributed by atoms with Gasteiger partial charge in [0.2, 0.25) is 0 Å². The molecule has 2 heterocycles. The standard InChI is InChI=1S/C23H22N2O4/c1-13-12-23(3,4)24-19-10-9-15(11-18(13)19)29-22(28)14(2)25-20(26)16-7-5-6-8-17(16)21(25)27/h5-12,14,24H,1-4H3/t14-/m0/s1. The van der Waals surface area contributed by atoms with E-state index in [1.54, 1.807) is 36.4 Å². The molecule has 2 aromatic carbocycles. The van der Waals surface area contributed by atoms with E-state index in [9.17, 15) is 14.4 Å². The van der Waals surface area contributed by atoms with Crippen LogP contribution < -0.4 is 10.1 Å². The highest BCUT2D eigenvalue weighted by Crippen LogP contribution is 2.36. The first kappa shape index (κ1) is 18.9. The number of esters is 1. The highest BCUT2D eigenvalue weighted by atomic mass is 16.5. The summed E-state index contributed by atoms with van der Waals surface area (Å²) in [7, 11) is 0. The molecule has 4 rings (SSSR count). The molecule has 1 N–H and O–H groups in total. The summed E-state index contributed by atoms with van der Waals surface area (Å²) in [4.78, 5) is 38.8. The predicted molar refractivity (Wildman–Crippen MR) is 110 cm³/mol. The van der Waals surface area contributed by atoms with Crippen LogP contribution in [0.2, 0.25) is 0 Å². The maximum Gasteiger partial charge on any atom is 0.334 e. The molecule has 2 aliphatic rings. The molecule has 0 fully saturated rings. The van der Waals surface area contributed by atoms with Gasteiger partial charge in [-0.15, -0.1) is 0 Å². The number of rotatable bonds is 3. The number of ether oxygens (including phenoxy) is 1. The van der Waals surface area contributed by atoms with E-state index in [-0.39, 0.29) is 5.54 Å². The molecule has 29 heavy (non-hydrogen) atoms. The van der Waals surface area contributed by atoms with Crippen molar-refractivity contribution in [1.29, 1.82) is 0 Å². The van der Waals surface area contributed by atoms with E-state index in [0.717, 1.165) is 21.7 Å². The molecule has 0 unspecified atom stereocenters. The van der Waals surface area contributed by atoms with Crippen LogP contribution in [0.3, 0.4) is 0 Å². The zero-order valence-electron chi connectivity index (χ0n) is 16.8. The van der Waals surface area contributed by atoms with Crippen molar-refractivity contribution in [3.63, 3.8) is 0 Å². The first-order valence-corrected chi connectivity index (χ1v) is 9.48. The SMILES string of the molecule is CC1=CC(C)(C)Nc2ccc(OC(=O)[C@H](C)N3C(=O)c4ccccc4C3=O)cc21. The highest BCUT2D eigenvalue weighted by molar-refractivity contribution is 6.22. The minimum Gasteiger partial charge on any atom is -0.425 e. The average Bonchev–Trinajstić information content (AvgIpc) is 2.92. The number of nitrogens with zero attached hydrogens (tertiary/aromatic N) is 1. The van der Waals surface area contributed by atoms with Gasteiger partial charge in [-0.3, -0.25) is 14.5 Å². The molecule has 6 nitrogen and oxygen atoms in total. The molecular formula is C23H22N2O4. The van der Waals surface area contributed by atoms with Crippen LogP contribution in [-0.4, -0.2) is 34.3 Å². The molecule has 2 aromatic rings. The third kappa shape index (κ3) is 3.20. The van der Waals surface area contributed by atoms with Gasteiger partial charge in [0, 0.05) is 11.3 Å². The fraction of sp³-hybridized carbons (Fsp3) is 0.261. The van der Waals surface area contributed by atoms with Crippen LogP contribution in [0, 0.1) is 0 Å². The lowest BCUT2D eigenvalue weighted by Crippen LogP contribution is -2.44. The molecule has 0 aromatic heterocycles. The molecular weight excluding hydrogens is 368 g/mol. The fourth-order valence-corrected chi connectivity index (χ4v) is 3.89. The first-order chi connectivity index (χ1) is 13.7. The topological polar surface area (TPSA) is 75.7 Å². The Labute approximate surface area is 169 Å². The third-order valence-electron chi connectivity index (χ3n) is 5.22.